The van der Waals surface area contributed by atoms with Crippen LogP contribution in [0.2, 0.25) is 0 Å². The lowest BCUT2D eigenvalue weighted by Crippen LogP contribution is -2.26. The maximum Gasteiger partial charge on any atom is 0.259 e. The molecule has 1 unspecified atom stereocenters. The second kappa shape index (κ2) is 9.28. The third-order valence-electron chi connectivity index (χ3n) is 4.49. The van der Waals surface area contributed by atoms with E-state index in [-0.39, 0.29) is 12.0 Å². The Balaban J connectivity index is 1.71. The van der Waals surface area contributed by atoms with Gasteiger partial charge in [-0.3, -0.25) is 4.79 Å². The molecule has 0 spiro atoms. The van der Waals surface area contributed by atoms with E-state index in [1.54, 1.807) is 25.3 Å². The molecule has 1 N–H and O–H groups in total. The van der Waals surface area contributed by atoms with Crippen molar-refractivity contribution in [2.24, 2.45) is 0 Å². The van der Waals surface area contributed by atoms with E-state index in [2.05, 4.69) is 5.32 Å². The number of ether oxygens (including phenoxy) is 4. The molecule has 0 aromatic heterocycles. The number of hydrogen-bond acceptors (Lipinski definition) is 5. The van der Waals surface area contributed by atoms with Crippen molar-refractivity contribution in [3.05, 3.63) is 48.0 Å². The van der Waals surface area contributed by atoms with E-state index >= 15 is 0 Å². The van der Waals surface area contributed by atoms with Gasteiger partial charge in [0, 0.05) is 12.7 Å². The van der Waals surface area contributed by atoms with Crippen molar-refractivity contribution < 1.29 is 23.7 Å². The normalized spacial score (nSPS) is 16.4. The summed E-state index contributed by atoms with van der Waals surface area (Å²) in [5, 5.41) is 2.90. The van der Waals surface area contributed by atoms with Crippen LogP contribution in [0.4, 0.5) is 5.69 Å². The summed E-state index contributed by atoms with van der Waals surface area (Å²) in [4.78, 5) is 12.7. The van der Waals surface area contributed by atoms with Crippen molar-refractivity contribution in [2.45, 2.75) is 25.4 Å². The maximum atomic E-state index is 12.7. The Morgan fingerprint density at radius 2 is 1.96 bits per heavy atom. The summed E-state index contributed by atoms with van der Waals surface area (Å²) in [6.45, 7) is 1.25. The van der Waals surface area contributed by atoms with Crippen LogP contribution < -0.4 is 19.5 Å². The predicted molar refractivity (Wildman–Crippen MR) is 103 cm³/mol. The Morgan fingerprint density at radius 3 is 2.70 bits per heavy atom. The minimum Gasteiger partial charge on any atom is -0.497 e. The van der Waals surface area contributed by atoms with E-state index in [4.69, 9.17) is 18.9 Å². The van der Waals surface area contributed by atoms with E-state index < -0.39 is 0 Å². The van der Waals surface area contributed by atoms with Gasteiger partial charge in [-0.25, -0.2) is 0 Å². The number of nitrogens with one attached hydrogen (secondary N) is 1. The van der Waals surface area contributed by atoms with E-state index in [1.165, 1.54) is 7.11 Å². The number of benzene rings is 2. The van der Waals surface area contributed by atoms with Crippen LogP contribution in [0, 0.1) is 0 Å². The standard InChI is InChI=1S/C21H25NO5/c1-24-15-10-11-17(20(13-15)25-2)21(23)22-18-8-3-4-9-19(18)27-14-16-7-5-6-12-26-16/h3-4,8-11,13,16H,5-7,12,14H2,1-2H3,(H,22,23). The van der Waals surface area contributed by atoms with Crippen molar-refractivity contribution in [3.63, 3.8) is 0 Å². The van der Waals surface area contributed by atoms with Gasteiger partial charge in [0.15, 0.2) is 0 Å². The molecule has 1 aliphatic heterocycles. The Hall–Kier alpha value is -2.73. The molecule has 2 aromatic rings. The molecule has 1 amide bonds. The fraction of sp³-hybridized carbons (Fsp3) is 0.381. The number of carbonyl (C=O) groups is 1. The van der Waals surface area contributed by atoms with Crippen molar-refractivity contribution in [3.8, 4) is 17.2 Å². The zero-order valence-electron chi connectivity index (χ0n) is 15.7. The number of amides is 1. The van der Waals surface area contributed by atoms with Crippen LogP contribution >= 0.6 is 0 Å². The topological polar surface area (TPSA) is 66.0 Å². The lowest BCUT2D eigenvalue weighted by molar-refractivity contribution is -0.0109. The molecule has 6 heteroatoms. The summed E-state index contributed by atoms with van der Waals surface area (Å²) in [7, 11) is 3.09. The molecule has 1 atom stereocenters. The van der Waals surface area contributed by atoms with E-state index in [0.717, 1.165) is 25.9 Å². The highest BCUT2D eigenvalue weighted by atomic mass is 16.5. The molecular formula is C21H25NO5. The number of methoxy groups -OCH3 is 2. The summed E-state index contributed by atoms with van der Waals surface area (Å²) in [5.74, 6) is 1.41. The third kappa shape index (κ3) is 4.92. The molecule has 1 heterocycles. The van der Waals surface area contributed by atoms with Crippen LogP contribution in [0.3, 0.4) is 0 Å². The Kier molecular flexibility index (Phi) is 6.54. The first-order valence-electron chi connectivity index (χ1n) is 9.08. The van der Waals surface area contributed by atoms with Gasteiger partial charge in [-0.1, -0.05) is 12.1 Å². The van der Waals surface area contributed by atoms with Gasteiger partial charge in [0.05, 0.1) is 31.6 Å². The van der Waals surface area contributed by atoms with Crippen LogP contribution in [0.5, 0.6) is 17.2 Å². The molecule has 1 fully saturated rings. The van der Waals surface area contributed by atoms with Gasteiger partial charge in [0.2, 0.25) is 0 Å². The minimum atomic E-state index is -0.278. The zero-order valence-corrected chi connectivity index (χ0v) is 15.7. The van der Waals surface area contributed by atoms with Crippen LogP contribution in [0.15, 0.2) is 42.5 Å². The zero-order chi connectivity index (χ0) is 19.1. The van der Waals surface area contributed by atoms with Gasteiger partial charge < -0.3 is 24.3 Å². The van der Waals surface area contributed by atoms with Gasteiger partial charge >= 0.3 is 0 Å². The summed E-state index contributed by atoms with van der Waals surface area (Å²) >= 11 is 0. The molecule has 3 rings (SSSR count). The summed E-state index contributed by atoms with van der Waals surface area (Å²) in [6.07, 6.45) is 3.36. The first-order chi connectivity index (χ1) is 13.2. The van der Waals surface area contributed by atoms with Gasteiger partial charge in [0.1, 0.15) is 23.9 Å². The van der Waals surface area contributed by atoms with Gasteiger partial charge in [-0.15, -0.1) is 0 Å². The minimum absolute atomic E-state index is 0.101. The van der Waals surface area contributed by atoms with Crippen LogP contribution in [-0.2, 0) is 4.74 Å². The fourth-order valence-electron chi connectivity index (χ4n) is 2.99. The second-order valence-electron chi connectivity index (χ2n) is 6.32. The molecular weight excluding hydrogens is 346 g/mol. The highest BCUT2D eigenvalue weighted by molar-refractivity contribution is 6.07. The van der Waals surface area contributed by atoms with Crippen molar-refractivity contribution in [1.82, 2.24) is 0 Å². The lowest BCUT2D eigenvalue weighted by Gasteiger charge is -2.23. The number of para-hydroxylation sites is 2. The van der Waals surface area contributed by atoms with Crippen molar-refractivity contribution >= 4 is 11.6 Å². The first kappa shape index (κ1) is 19.0. The number of rotatable bonds is 7. The number of hydrogen-bond donors (Lipinski definition) is 1. The highest BCUT2D eigenvalue weighted by Gasteiger charge is 2.17. The van der Waals surface area contributed by atoms with E-state index in [1.807, 2.05) is 24.3 Å². The molecule has 6 nitrogen and oxygen atoms in total. The monoisotopic (exact) mass is 371 g/mol. The van der Waals surface area contributed by atoms with Crippen molar-refractivity contribution in [2.75, 3.05) is 32.8 Å². The summed E-state index contributed by atoms with van der Waals surface area (Å²) < 4.78 is 22.1. The van der Waals surface area contributed by atoms with Gasteiger partial charge in [0.25, 0.3) is 5.91 Å². The van der Waals surface area contributed by atoms with E-state index in [9.17, 15) is 4.79 Å². The molecule has 1 saturated heterocycles. The molecule has 0 bridgehead atoms. The summed E-state index contributed by atoms with van der Waals surface area (Å²) in [5.41, 5.74) is 1.03. The number of anilines is 1. The molecule has 27 heavy (non-hydrogen) atoms. The second-order valence-corrected chi connectivity index (χ2v) is 6.32. The third-order valence-corrected chi connectivity index (χ3v) is 4.49. The largest absolute Gasteiger partial charge is 0.497 e. The molecule has 2 aromatic carbocycles. The highest BCUT2D eigenvalue weighted by Crippen LogP contribution is 2.29. The fourth-order valence-corrected chi connectivity index (χ4v) is 2.99. The summed E-state index contributed by atoms with van der Waals surface area (Å²) in [6, 6.07) is 12.4. The number of carbonyl (C=O) groups excluding carboxylic acids is 1. The van der Waals surface area contributed by atoms with Crippen molar-refractivity contribution in [1.29, 1.82) is 0 Å². The van der Waals surface area contributed by atoms with Crippen LogP contribution in [0.1, 0.15) is 29.6 Å². The molecule has 144 valence electrons. The van der Waals surface area contributed by atoms with Gasteiger partial charge in [-0.05, 0) is 43.5 Å². The quantitative estimate of drug-likeness (QED) is 0.799. The van der Waals surface area contributed by atoms with Gasteiger partial charge in [-0.2, -0.15) is 0 Å². The first-order valence-corrected chi connectivity index (χ1v) is 9.08. The predicted octanol–water partition coefficient (Wildman–Crippen LogP) is 3.90. The Bertz CT molecular complexity index is 771. The molecule has 1 aliphatic rings. The lowest BCUT2D eigenvalue weighted by atomic mass is 10.1. The van der Waals surface area contributed by atoms with Crippen LogP contribution in [0.25, 0.3) is 0 Å². The average Bonchev–Trinajstić information content (AvgIpc) is 2.73. The maximum absolute atomic E-state index is 12.7. The smallest absolute Gasteiger partial charge is 0.259 e. The Morgan fingerprint density at radius 1 is 1.11 bits per heavy atom. The SMILES string of the molecule is COc1ccc(C(=O)Nc2ccccc2OCC2CCCCO2)c(OC)c1. The van der Waals surface area contributed by atoms with Crippen LogP contribution in [-0.4, -0.2) is 39.4 Å². The molecule has 0 aliphatic carbocycles. The van der Waals surface area contributed by atoms with E-state index in [0.29, 0.717) is 35.1 Å². The molecule has 0 radical (unpaired) electrons. The molecule has 0 saturated carbocycles. The average molecular weight is 371 g/mol. The Labute approximate surface area is 159 Å².